The molecule has 76 valence electrons. The summed E-state index contributed by atoms with van der Waals surface area (Å²) in [7, 11) is 1.59. The molecule has 1 rings (SSSR count). The van der Waals surface area contributed by atoms with Gasteiger partial charge in [0.25, 0.3) is 0 Å². The summed E-state index contributed by atoms with van der Waals surface area (Å²) in [5.41, 5.74) is 0. The summed E-state index contributed by atoms with van der Waals surface area (Å²) in [4.78, 5) is 10.5. The standard InChI is InChI=1S/C9H16O4/c1-6(5-8(10)11)7-3-4-13-9(7)12-2/h6-7,9H,3-5H2,1-2H3,(H,10,11)/t6-,7-,9+/m0/s1. The molecule has 0 aromatic carbocycles. The molecule has 1 fully saturated rings. The molecule has 0 aromatic rings. The average molecular weight is 188 g/mol. The van der Waals surface area contributed by atoms with Crippen LogP contribution in [0.1, 0.15) is 19.8 Å². The molecule has 4 heteroatoms. The molecule has 1 aliphatic rings. The Morgan fingerprint density at radius 3 is 3.00 bits per heavy atom. The smallest absolute Gasteiger partial charge is 0.303 e. The van der Waals surface area contributed by atoms with E-state index in [-0.39, 0.29) is 24.5 Å². The zero-order valence-corrected chi connectivity index (χ0v) is 8.03. The van der Waals surface area contributed by atoms with E-state index in [9.17, 15) is 4.79 Å². The van der Waals surface area contributed by atoms with E-state index in [1.165, 1.54) is 0 Å². The van der Waals surface area contributed by atoms with E-state index >= 15 is 0 Å². The highest BCUT2D eigenvalue weighted by atomic mass is 16.7. The highest BCUT2D eigenvalue weighted by Gasteiger charge is 2.33. The van der Waals surface area contributed by atoms with E-state index in [2.05, 4.69) is 0 Å². The topological polar surface area (TPSA) is 55.8 Å². The van der Waals surface area contributed by atoms with Crippen LogP contribution in [0.15, 0.2) is 0 Å². The molecule has 0 bridgehead atoms. The van der Waals surface area contributed by atoms with Gasteiger partial charge in [-0.1, -0.05) is 6.92 Å². The second kappa shape index (κ2) is 4.58. The molecule has 4 nitrogen and oxygen atoms in total. The first-order valence-corrected chi connectivity index (χ1v) is 4.51. The van der Waals surface area contributed by atoms with E-state index in [1.54, 1.807) is 7.11 Å². The monoisotopic (exact) mass is 188 g/mol. The van der Waals surface area contributed by atoms with Crippen molar-refractivity contribution in [3.05, 3.63) is 0 Å². The summed E-state index contributed by atoms with van der Waals surface area (Å²) in [5.74, 6) is -0.416. The fourth-order valence-electron chi connectivity index (χ4n) is 1.80. The Kier molecular flexibility index (Phi) is 3.69. The van der Waals surface area contributed by atoms with Crippen LogP contribution in [0.3, 0.4) is 0 Å². The minimum Gasteiger partial charge on any atom is -0.481 e. The van der Waals surface area contributed by atoms with Gasteiger partial charge in [0.1, 0.15) is 0 Å². The number of carboxylic acid groups (broad SMARTS) is 1. The van der Waals surface area contributed by atoms with Crippen LogP contribution < -0.4 is 0 Å². The Morgan fingerprint density at radius 2 is 2.46 bits per heavy atom. The normalized spacial score (nSPS) is 30.3. The second-order valence-corrected chi connectivity index (χ2v) is 3.50. The molecular formula is C9H16O4. The number of methoxy groups -OCH3 is 1. The Labute approximate surface area is 77.8 Å². The van der Waals surface area contributed by atoms with E-state index in [4.69, 9.17) is 14.6 Å². The maximum Gasteiger partial charge on any atom is 0.303 e. The van der Waals surface area contributed by atoms with Crippen LogP contribution >= 0.6 is 0 Å². The number of carbonyl (C=O) groups is 1. The van der Waals surface area contributed by atoms with Crippen molar-refractivity contribution in [2.75, 3.05) is 13.7 Å². The third kappa shape index (κ3) is 2.67. The summed E-state index contributed by atoms with van der Waals surface area (Å²) in [6, 6.07) is 0. The fourth-order valence-corrected chi connectivity index (χ4v) is 1.80. The highest BCUT2D eigenvalue weighted by Crippen LogP contribution is 2.30. The number of hydrogen-bond donors (Lipinski definition) is 1. The first-order valence-electron chi connectivity index (χ1n) is 4.51. The van der Waals surface area contributed by atoms with Crippen molar-refractivity contribution in [3.63, 3.8) is 0 Å². The van der Waals surface area contributed by atoms with E-state index in [0.717, 1.165) is 6.42 Å². The predicted molar refractivity (Wildman–Crippen MR) is 46.3 cm³/mol. The van der Waals surface area contributed by atoms with Crippen LogP contribution in [-0.4, -0.2) is 31.1 Å². The molecule has 1 saturated heterocycles. The molecule has 13 heavy (non-hydrogen) atoms. The summed E-state index contributed by atoms with van der Waals surface area (Å²) in [6.45, 7) is 2.60. The lowest BCUT2D eigenvalue weighted by molar-refractivity contribution is -0.141. The van der Waals surface area contributed by atoms with Gasteiger partial charge in [0.2, 0.25) is 0 Å². The number of ether oxygens (including phenoxy) is 2. The molecule has 0 aliphatic carbocycles. The average Bonchev–Trinajstić information content (AvgIpc) is 2.49. The van der Waals surface area contributed by atoms with Gasteiger partial charge >= 0.3 is 5.97 Å². The van der Waals surface area contributed by atoms with Crippen molar-refractivity contribution in [1.82, 2.24) is 0 Å². The Morgan fingerprint density at radius 1 is 1.77 bits per heavy atom. The highest BCUT2D eigenvalue weighted by molar-refractivity contribution is 5.67. The molecular weight excluding hydrogens is 172 g/mol. The van der Waals surface area contributed by atoms with Crippen LogP contribution in [0.2, 0.25) is 0 Å². The Balaban J connectivity index is 2.44. The van der Waals surface area contributed by atoms with Gasteiger partial charge in [-0.2, -0.15) is 0 Å². The van der Waals surface area contributed by atoms with Crippen molar-refractivity contribution in [1.29, 1.82) is 0 Å². The molecule has 0 unspecified atom stereocenters. The molecule has 0 radical (unpaired) electrons. The second-order valence-electron chi connectivity index (χ2n) is 3.50. The van der Waals surface area contributed by atoms with Crippen LogP contribution in [0.4, 0.5) is 0 Å². The van der Waals surface area contributed by atoms with Crippen LogP contribution in [-0.2, 0) is 14.3 Å². The lowest BCUT2D eigenvalue weighted by atomic mass is 9.89. The van der Waals surface area contributed by atoms with Gasteiger partial charge in [0, 0.05) is 19.4 Å². The lowest BCUT2D eigenvalue weighted by Gasteiger charge is -2.21. The van der Waals surface area contributed by atoms with Crippen LogP contribution in [0.5, 0.6) is 0 Å². The minimum absolute atomic E-state index is 0.116. The SMILES string of the molecule is CO[C@@H]1OCC[C@H]1[C@@H](C)CC(=O)O. The predicted octanol–water partition coefficient (Wildman–Crippen LogP) is 1.11. The number of hydrogen-bond acceptors (Lipinski definition) is 3. The number of aliphatic carboxylic acids is 1. The van der Waals surface area contributed by atoms with Crippen molar-refractivity contribution in [2.24, 2.45) is 11.8 Å². The molecule has 0 amide bonds. The van der Waals surface area contributed by atoms with Crippen molar-refractivity contribution < 1.29 is 19.4 Å². The van der Waals surface area contributed by atoms with Gasteiger partial charge in [-0.3, -0.25) is 4.79 Å². The molecule has 3 atom stereocenters. The minimum atomic E-state index is -0.755. The van der Waals surface area contributed by atoms with Crippen molar-refractivity contribution in [2.45, 2.75) is 26.1 Å². The van der Waals surface area contributed by atoms with Crippen molar-refractivity contribution >= 4 is 5.97 Å². The van der Waals surface area contributed by atoms with Gasteiger partial charge < -0.3 is 14.6 Å². The molecule has 0 spiro atoms. The lowest BCUT2D eigenvalue weighted by Crippen LogP contribution is -2.25. The first kappa shape index (κ1) is 10.5. The van der Waals surface area contributed by atoms with Crippen LogP contribution in [0, 0.1) is 11.8 Å². The number of carboxylic acids is 1. The van der Waals surface area contributed by atoms with E-state index < -0.39 is 5.97 Å². The molecule has 0 saturated carbocycles. The zero-order chi connectivity index (χ0) is 9.84. The summed E-state index contributed by atoms with van der Waals surface area (Å²) < 4.78 is 10.4. The fraction of sp³-hybridized carbons (Fsp3) is 0.889. The van der Waals surface area contributed by atoms with Gasteiger partial charge in [-0.05, 0) is 12.3 Å². The van der Waals surface area contributed by atoms with Gasteiger partial charge in [0.05, 0.1) is 6.61 Å². The summed E-state index contributed by atoms with van der Waals surface area (Å²) in [6.07, 6.45) is 0.871. The quantitative estimate of drug-likeness (QED) is 0.718. The third-order valence-electron chi connectivity index (χ3n) is 2.54. The molecule has 1 N–H and O–H groups in total. The number of rotatable bonds is 4. The van der Waals surface area contributed by atoms with E-state index in [0.29, 0.717) is 6.61 Å². The van der Waals surface area contributed by atoms with Crippen LogP contribution in [0.25, 0.3) is 0 Å². The van der Waals surface area contributed by atoms with Gasteiger partial charge in [-0.15, -0.1) is 0 Å². The van der Waals surface area contributed by atoms with Gasteiger partial charge in [0.15, 0.2) is 6.29 Å². The largest absolute Gasteiger partial charge is 0.481 e. The Bertz CT molecular complexity index is 180. The van der Waals surface area contributed by atoms with E-state index in [1.807, 2.05) is 6.92 Å². The van der Waals surface area contributed by atoms with Crippen molar-refractivity contribution in [3.8, 4) is 0 Å². The Hall–Kier alpha value is -0.610. The van der Waals surface area contributed by atoms with Gasteiger partial charge in [-0.25, -0.2) is 0 Å². The molecule has 0 aromatic heterocycles. The third-order valence-corrected chi connectivity index (χ3v) is 2.54. The molecule has 1 aliphatic heterocycles. The zero-order valence-electron chi connectivity index (χ0n) is 8.03. The maximum atomic E-state index is 10.5. The molecule has 1 heterocycles. The first-order chi connectivity index (χ1) is 6.15. The summed E-state index contributed by atoms with van der Waals surface area (Å²) >= 11 is 0. The summed E-state index contributed by atoms with van der Waals surface area (Å²) in [5, 5.41) is 8.62. The maximum absolute atomic E-state index is 10.5.